The predicted molar refractivity (Wildman–Crippen MR) is 91.4 cm³/mol. The Morgan fingerprint density at radius 1 is 1.14 bits per heavy atom. The zero-order chi connectivity index (χ0) is 15.2. The van der Waals surface area contributed by atoms with E-state index in [-0.39, 0.29) is 6.04 Å². The first-order valence-corrected chi connectivity index (χ1v) is 8.62. The molecule has 2 nitrogen and oxygen atoms in total. The van der Waals surface area contributed by atoms with Gasteiger partial charge in [-0.3, -0.25) is 0 Å². The first-order valence-electron chi connectivity index (χ1n) is 8.62. The lowest BCUT2D eigenvalue weighted by molar-refractivity contribution is 0.159. The number of benzene rings is 1. The van der Waals surface area contributed by atoms with Crippen molar-refractivity contribution in [3.63, 3.8) is 0 Å². The Balaban J connectivity index is 1.76. The van der Waals surface area contributed by atoms with Crippen molar-refractivity contribution in [3.05, 3.63) is 35.4 Å². The molecule has 0 heterocycles. The van der Waals surface area contributed by atoms with Crippen molar-refractivity contribution in [1.29, 1.82) is 0 Å². The number of hydrogen-bond donors (Lipinski definition) is 1. The maximum atomic E-state index is 6.34. The molecule has 1 unspecified atom stereocenters. The molecule has 1 aliphatic carbocycles. The van der Waals surface area contributed by atoms with E-state index in [0.717, 1.165) is 24.9 Å². The summed E-state index contributed by atoms with van der Waals surface area (Å²) in [6.45, 7) is 5.56. The lowest BCUT2D eigenvalue weighted by atomic mass is 9.84. The lowest BCUT2D eigenvalue weighted by Gasteiger charge is -2.35. The second-order valence-electron chi connectivity index (χ2n) is 6.87. The van der Waals surface area contributed by atoms with Crippen LogP contribution in [0.2, 0.25) is 0 Å². The van der Waals surface area contributed by atoms with E-state index in [1.54, 1.807) is 0 Å². The van der Waals surface area contributed by atoms with E-state index in [1.165, 1.54) is 43.2 Å². The lowest BCUT2D eigenvalue weighted by Crippen LogP contribution is -2.36. The van der Waals surface area contributed by atoms with Crippen molar-refractivity contribution in [3.8, 4) is 0 Å². The van der Waals surface area contributed by atoms with Gasteiger partial charge in [-0.15, -0.1) is 0 Å². The Labute approximate surface area is 130 Å². The smallest absolute Gasteiger partial charge is 0.0307 e. The molecule has 2 N–H and O–H groups in total. The molecule has 2 rings (SSSR count). The van der Waals surface area contributed by atoms with Crippen LogP contribution in [0, 0.1) is 12.8 Å². The Morgan fingerprint density at radius 3 is 2.33 bits per heavy atom. The number of rotatable bonds is 6. The normalized spacial score (nSPS) is 24.2. The van der Waals surface area contributed by atoms with Gasteiger partial charge >= 0.3 is 0 Å². The van der Waals surface area contributed by atoms with Crippen LogP contribution in [0.3, 0.4) is 0 Å². The van der Waals surface area contributed by atoms with Crippen LogP contribution in [0.4, 0.5) is 0 Å². The summed E-state index contributed by atoms with van der Waals surface area (Å²) < 4.78 is 0. The Bertz CT molecular complexity index is 404. The predicted octanol–water partition coefficient (Wildman–Crippen LogP) is 4.29. The molecule has 1 saturated carbocycles. The minimum Gasteiger partial charge on any atom is -0.324 e. The van der Waals surface area contributed by atoms with Crippen LogP contribution in [0.1, 0.15) is 62.6 Å². The van der Waals surface area contributed by atoms with Gasteiger partial charge in [0.05, 0.1) is 0 Å². The summed E-state index contributed by atoms with van der Waals surface area (Å²) in [5, 5.41) is 0. The molecular weight excluding hydrogens is 256 g/mol. The molecule has 0 aromatic heterocycles. The Morgan fingerprint density at radius 2 is 1.76 bits per heavy atom. The highest BCUT2D eigenvalue weighted by molar-refractivity contribution is 5.23. The number of nitrogens with two attached hydrogens (primary N) is 1. The third-order valence-corrected chi connectivity index (χ3v) is 5.32. The van der Waals surface area contributed by atoms with Crippen molar-refractivity contribution >= 4 is 0 Å². The average Bonchev–Trinajstić information content (AvgIpc) is 2.53. The molecule has 2 heteroatoms. The third-order valence-electron chi connectivity index (χ3n) is 5.32. The quantitative estimate of drug-likeness (QED) is 0.846. The van der Waals surface area contributed by atoms with Gasteiger partial charge in [0.25, 0.3) is 0 Å². The second-order valence-corrected chi connectivity index (χ2v) is 6.87. The molecule has 1 atom stereocenters. The molecule has 1 fully saturated rings. The van der Waals surface area contributed by atoms with Gasteiger partial charge in [0, 0.05) is 12.1 Å². The van der Waals surface area contributed by atoms with Crippen LogP contribution in [0.25, 0.3) is 0 Å². The molecule has 0 aliphatic heterocycles. The third kappa shape index (κ3) is 4.82. The monoisotopic (exact) mass is 288 g/mol. The summed E-state index contributed by atoms with van der Waals surface area (Å²) in [4.78, 5) is 2.54. The van der Waals surface area contributed by atoms with Crippen molar-refractivity contribution in [2.45, 2.75) is 64.5 Å². The number of aryl methyl sites for hydroxylation is 1. The molecule has 0 radical (unpaired) electrons. The van der Waals surface area contributed by atoms with E-state index < -0.39 is 0 Å². The fourth-order valence-electron chi connectivity index (χ4n) is 3.50. The minimum atomic E-state index is 0.167. The van der Waals surface area contributed by atoms with Gasteiger partial charge in [-0.1, -0.05) is 43.2 Å². The number of hydrogen-bond acceptors (Lipinski definition) is 2. The van der Waals surface area contributed by atoms with E-state index in [2.05, 4.69) is 50.1 Å². The summed E-state index contributed by atoms with van der Waals surface area (Å²) in [5.41, 5.74) is 8.91. The highest BCUT2D eigenvalue weighted by atomic mass is 15.1. The molecule has 0 saturated heterocycles. The van der Waals surface area contributed by atoms with Crippen molar-refractivity contribution < 1.29 is 0 Å². The molecule has 1 aromatic rings. The molecule has 21 heavy (non-hydrogen) atoms. The van der Waals surface area contributed by atoms with Crippen LogP contribution < -0.4 is 5.73 Å². The van der Waals surface area contributed by atoms with E-state index in [9.17, 15) is 0 Å². The Kier molecular flexibility index (Phi) is 6.25. The van der Waals surface area contributed by atoms with Crippen LogP contribution >= 0.6 is 0 Å². The highest BCUT2D eigenvalue weighted by Gasteiger charge is 2.23. The van der Waals surface area contributed by atoms with E-state index >= 15 is 0 Å². The molecular formula is C19H32N2. The fraction of sp³-hybridized carbons (Fsp3) is 0.684. The Hall–Kier alpha value is -0.860. The summed E-state index contributed by atoms with van der Waals surface area (Å²) in [7, 11) is 2.28. The van der Waals surface area contributed by atoms with Crippen LogP contribution in [-0.2, 0) is 0 Å². The zero-order valence-corrected chi connectivity index (χ0v) is 14.0. The summed E-state index contributed by atoms with van der Waals surface area (Å²) >= 11 is 0. The fourth-order valence-corrected chi connectivity index (χ4v) is 3.50. The van der Waals surface area contributed by atoms with Gasteiger partial charge in [-0.25, -0.2) is 0 Å². The van der Waals surface area contributed by atoms with Gasteiger partial charge in [0.2, 0.25) is 0 Å². The first-order chi connectivity index (χ1) is 10.1. The van der Waals surface area contributed by atoms with E-state index in [0.29, 0.717) is 0 Å². The molecule has 0 bridgehead atoms. The van der Waals surface area contributed by atoms with Gasteiger partial charge < -0.3 is 10.6 Å². The zero-order valence-electron chi connectivity index (χ0n) is 14.0. The molecule has 0 amide bonds. The van der Waals surface area contributed by atoms with E-state index in [4.69, 9.17) is 5.73 Å². The van der Waals surface area contributed by atoms with Gasteiger partial charge in [0.1, 0.15) is 0 Å². The summed E-state index contributed by atoms with van der Waals surface area (Å²) in [5.74, 6) is 0.976. The summed E-state index contributed by atoms with van der Waals surface area (Å²) in [6.07, 6.45) is 7.97. The van der Waals surface area contributed by atoms with Gasteiger partial charge in [0.15, 0.2) is 0 Å². The van der Waals surface area contributed by atoms with Crippen LogP contribution in [-0.4, -0.2) is 24.5 Å². The van der Waals surface area contributed by atoms with E-state index in [1.807, 2.05) is 0 Å². The highest BCUT2D eigenvalue weighted by Crippen LogP contribution is 2.29. The SMILES string of the molecule is CCC1CCC(N(C)CCC(N)c2ccc(C)cc2)CC1. The van der Waals surface area contributed by atoms with Gasteiger partial charge in [-0.2, -0.15) is 0 Å². The van der Waals surface area contributed by atoms with Gasteiger partial charge in [-0.05, 0) is 64.1 Å². The average molecular weight is 288 g/mol. The van der Waals surface area contributed by atoms with Crippen LogP contribution in [0.5, 0.6) is 0 Å². The largest absolute Gasteiger partial charge is 0.324 e. The first kappa shape index (κ1) is 16.5. The molecule has 118 valence electrons. The minimum absolute atomic E-state index is 0.167. The molecule has 0 spiro atoms. The standard InChI is InChI=1S/C19H32N2/c1-4-16-7-11-18(12-8-16)21(3)14-13-19(20)17-9-5-15(2)6-10-17/h5-6,9-10,16,18-19H,4,7-8,11-14,20H2,1-3H3. The maximum absolute atomic E-state index is 6.34. The van der Waals surface area contributed by atoms with Crippen molar-refractivity contribution in [2.75, 3.05) is 13.6 Å². The van der Waals surface area contributed by atoms with Crippen molar-refractivity contribution in [1.82, 2.24) is 4.90 Å². The van der Waals surface area contributed by atoms with Crippen molar-refractivity contribution in [2.24, 2.45) is 11.7 Å². The topological polar surface area (TPSA) is 29.3 Å². The summed E-state index contributed by atoms with van der Waals surface area (Å²) in [6, 6.07) is 9.60. The number of nitrogens with zero attached hydrogens (tertiary/aromatic N) is 1. The second kappa shape index (κ2) is 7.95. The molecule has 1 aliphatic rings. The van der Waals surface area contributed by atoms with Crippen LogP contribution in [0.15, 0.2) is 24.3 Å². The maximum Gasteiger partial charge on any atom is 0.0307 e. The molecule has 1 aromatic carbocycles.